The highest BCUT2D eigenvalue weighted by atomic mass is 35.5. The van der Waals surface area contributed by atoms with E-state index >= 15 is 0 Å². The number of nitrogens with zero attached hydrogens (tertiary/aromatic N) is 1. The number of carbonyl (C=O) groups is 1. The van der Waals surface area contributed by atoms with Crippen molar-refractivity contribution in [1.82, 2.24) is 0 Å². The van der Waals surface area contributed by atoms with Crippen molar-refractivity contribution in [2.45, 2.75) is 38.3 Å². The van der Waals surface area contributed by atoms with Gasteiger partial charge in [0.05, 0.1) is 16.0 Å². The molecule has 1 aromatic rings. The number of rotatable bonds is 5. The molecule has 2 aliphatic rings. The summed E-state index contributed by atoms with van der Waals surface area (Å²) in [6.07, 6.45) is 1.23. The van der Waals surface area contributed by atoms with Crippen LogP contribution in [0.1, 0.15) is 37.7 Å². The van der Waals surface area contributed by atoms with Gasteiger partial charge in [-0.15, -0.1) is 0 Å². The van der Waals surface area contributed by atoms with Gasteiger partial charge in [-0.2, -0.15) is 18.4 Å². The van der Waals surface area contributed by atoms with Crippen molar-refractivity contribution in [2.75, 3.05) is 11.9 Å². The molecule has 1 atom stereocenters. The van der Waals surface area contributed by atoms with Gasteiger partial charge in [0.2, 0.25) is 5.91 Å². The minimum atomic E-state index is -4.45. The number of nitrogens with one attached hydrogen (secondary N) is 1. The Morgan fingerprint density at radius 3 is 2.57 bits per heavy atom. The number of halogens is 4. The Morgan fingerprint density at radius 2 is 2.00 bits per heavy atom. The molecule has 30 heavy (non-hydrogen) atoms. The van der Waals surface area contributed by atoms with E-state index in [1.807, 2.05) is 6.07 Å². The SMILES string of the molecule is N#Cc1ccc(NCC2CCC(C3(C(F)(F)F)C=CC=C(C(N)=O)C3)CC2)cc1Cl. The van der Waals surface area contributed by atoms with Gasteiger partial charge >= 0.3 is 6.18 Å². The minimum absolute atomic E-state index is 0.0244. The lowest BCUT2D eigenvalue weighted by Crippen LogP contribution is -2.46. The van der Waals surface area contributed by atoms with Crippen molar-refractivity contribution in [1.29, 1.82) is 5.26 Å². The molecule has 1 amide bonds. The predicted molar refractivity (Wildman–Crippen MR) is 110 cm³/mol. The molecule has 3 N–H and O–H groups in total. The van der Waals surface area contributed by atoms with Gasteiger partial charge in [0, 0.05) is 17.8 Å². The van der Waals surface area contributed by atoms with Gasteiger partial charge < -0.3 is 11.1 Å². The summed E-state index contributed by atoms with van der Waals surface area (Å²) < 4.78 is 42.3. The fourth-order valence-corrected chi connectivity index (χ4v) is 4.73. The molecule has 160 valence electrons. The maximum absolute atomic E-state index is 14.1. The second kappa shape index (κ2) is 8.73. The molecule has 0 saturated heterocycles. The van der Waals surface area contributed by atoms with Gasteiger partial charge in [0.1, 0.15) is 6.07 Å². The minimum Gasteiger partial charge on any atom is -0.385 e. The Balaban J connectivity index is 1.63. The first kappa shape index (κ1) is 22.2. The average Bonchev–Trinajstić information content (AvgIpc) is 2.72. The van der Waals surface area contributed by atoms with E-state index in [0.717, 1.165) is 5.69 Å². The van der Waals surface area contributed by atoms with Crippen LogP contribution in [0, 0.1) is 28.6 Å². The molecule has 0 bridgehead atoms. The zero-order valence-electron chi connectivity index (χ0n) is 16.3. The van der Waals surface area contributed by atoms with Crippen molar-refractivity contribution < 1.29 is 18.0 Å². The second-order valence-corrected chi connectivity index (χ2v) is 8.44. The van der Waals surface area contributed by atoms with E-state index in [2.05, 4.69) is 5.32 Å². The summed E-state index contributed by atoms with van der Waals surface area (Å²) in [5.74, 6) is -1.15. The number of alkyl halides is 3. The van der Waals surface area contributed by atoms with E-state index in [0.29, 0.717) is 42.8 Å². The van der Waals surface area contributed by atoms with Gasteiger partial charge in [-0.3, -0.25) is 4.79 Å². The van der Waals surface area contributed by atoms with Crippen molar-refractivity contribution in [3.63, 3.8) is 0 Å². The van der Waals surface area contributed by atoms with Crippen molar-refractivity contribution in [3.8, 4) is 6.07 Å². The molecule has 3 rings (SSSR count). The quantitative estimate of drug-likeness (QED) is 0.651. The molecule has 2 aliphatic carbocycles. The molecular weight excluding hydrogens is 415 g/mol. The van der Waals surface area contributed by atoms with Crippen LogP contribution in [0.5, 0.6) is 0 Å². The number of hydrogen-bond acceptors (Lipinski definition) is 3. The fourth-order valence-electron chi connectivity index (χ4n) is 4.50. The molecule has 8 heteroatoms. The van der Waals surface area contributed by atoms with Crippen LogP contribution >= 0.6 is 11.6 Å². The van der Waals surface area contributed by atoms with Crippen LogP contribution < -0.4 is 11.1 Å². The number of primary amides is 1. The Bertz CT molecular complexity index is 911. The van der Waals surface area contributed by atoms with Crippen molar-refractivity contribution in [3.05, 3.63) is 52.6 Å². The molecule has 1 aromatic carbocycles. The number of nitriles is 1. The smallest absolute Gasteiger partial charge is 0.385 e. The van der Waals surface area contributed by atoms with Gasteiger partial charge in [-0.25, -0.2) is 0 Å². The van der Waals surface area contributed by atoms with E-state index < -0.39 is 23.4 Å². The Hall–Kier alpha value is -2.46. The molecule has 0 heterocycles. The van der Waals surface area contributed by atoms with E-state index in [-0.39, 0.29) is 17.9 Å². The summed E-state index contributed by atoms with van der Waals surface area (Å²) in [4.78, 5) is 11.5. The van der Waals surface area contributed by atoms with Crippen molar-refractivity contribution >= 4 is 23.2 Å². The summed E-state index contributed by atoms with van der Waals surface area (Å²) in [7, 11) is 0. The van der Waals surface area contributed by atoms with Crippen LogP contribution in [-0.2, 0) is 4.79 Å². The third-order valence-corrected chi connectivity index (χ3v) is 6.59. The highest BCUT2D eigenvalue weighted by Crippen LogP contribution is 2.55. The van der Waals surface area contributed by atoms with Crippen LogP contribution in [0.15, 0.2) is 42.0 Å². The van der Waals surface area contributed by atoms with E-state index in [9.17, 15) is 18.0 Å². The first-order valence-corrected chi connectivity index (χ1v) is 10.2. The summed E-state index contributed by atoms with van der Waals surface area (Å²) in [5, 5.41) is 12.6. The second-order valence-electron chi connectivity index (χ2n) is 8.04. The Morgan fingerprint density at radius 1 is 1.30 bits per heavy atom. The van der Waals surface area contributed by atoms with Crippen LogP contribution in [0.3, 0.4) is 0 Å². The normalized spacial score (nSPS) is 26.6. The topological polar surface area (TPSA) is 78.9 Å². The number of nitrogens with two attached hydrogens (primary N) is 1. The van der Waals surface area contributed by atoms with Gasteiger partial charge in [-0.05, 0) is 62.1 Å². The lowest BCUT2D eigenvalue weighted by atomic mass is 9.62. The number of carbonyl (C=O) groups excluding carboxylic acids is 1. The molecule has 0 spiro atoms. The predicted octanol–water partition coefficient (Wildman–Crippen LogP) is 5.35. The van der Waals surface area contributed by atoms with E-state index in [4.69, 9.17) is 22.6 Å². The lowest BCUT2D eigenvalue weighted by Gasteiger charge is -2.44. The molecule has 0 radical (unpaired) electrons. The number of amides is 1. The molecule has 0 aliphatic heterocycles. The lowest BCUT2D eigenvalue weighted by molar-refractivity contribution is -0.227. The highest BCUT2D eigenvalue weighted by molar-refractivity contribution is 6.32. The fraction of sp³-hybridized carbons (Fsp3) is 0.455. The number of hydrogen-bond donors (Lipinski definition) is 2. The standard InChI is InChI=1S/C22H23ClF3N3O/c23-19-10-18(8-5-16(19)12-27)29-13-14-3-6-17(7-4-14)21(22(24,25)26)9-1-2-15(11-21)20(28)30/h1-2,5,8-10,14,17,29H,3-4,6-7,11,13H2,(H2,28,30). The largest absolute Gasteiger partial charge is 0.398 e. The zero-order valence-corrected chi connectivity index (χ0v) is 17.1. The summed E-state index contributed by atoms with van der Waals surface area (Å²) >= 11 is 6.04. The number of anilines is 1. The van der Waals surface area contributed by atoms with Gasteiger partial charge in [0.15, 0.2) is 0 Å². The first-order chi connectivity index (χ1) is 14.2. The maximum Gasteiger partial charge on any atom is 0.398 e. The summed E-state index contributed by atoms with van der Waals surface area (Å²) in [5.41, 5.74) is 4.42. The Labute approximate surface area is 178 Å². The molecular formula is C22H23ClF3N3O. The monoisotopic (exact) mass is 437 g/mol. The van der Waals surface area contributed by atoms with Crippen molar-refractivity contribution in [2.24, 2.45) is 23.0 Å². The van der Waals surface area contributed by atoms with E-state index in [1.165, 1.54) is 18.2 Å². The third kappa shape index (κ3) is 4.49. The molecule has 0 aromatic heterocycles. The van der Waals surface area contributed by atoms with Crippen LogP contribution in [0.4, 0.5) is 18.9 Å². The van der Waals surface area contributed by atoms with Crippen LogP contribution in [0.25, 0.3) is 0 Å². The molecule has 1 fully saturated rings. The summed E-state index contributed by atoms with van der Waals surface area (Å²) in [6, 6.07) is 7.07. The summed E-state index contributed by atoms with van der Waals surface area (Å²) in [6.45, 7) is 0.621. The van der Waals surface area contributed by atoms with Gasteiger partial charge in [0.25, 0.3) is 0 Å². The molecule has 1 unspecified atom stereocenters. The first-order valence-electron chi connectivity index (χ1n) is 9.84. The highest BCUT2D eigenvalue weighted by Gasteiger charge is 2.58. The maximum atomic E-state index is 14.1. The van der Waals surface area contributed by atoms with Gasteiger partial charge in [-0.1, -0.05) is 29.8 Å². The molecule has 1 saturated carbocycles. The average molecular weight is 438 g/mol. The van der Waals surface area contributed by atoms with E-state index in [1.54, 1.807) is 18.2 Å². The van der Waals surface area contributed by atoms with Crippen LogP contribution in [0.2, 0.25) is 5.02 Å². The zero-order chi connectivity index (χ0) is 21.9. The molecule has 4 nitrogen and oxygen atoms in total. The van der Waals surface area contributed by atoms with Crippen LogP contribution in [-0.4, -0.2) is 18.6 Å². The number of benzene rings is 1. The Kier molecular flexibility index (Phi) is 6.47. The number of allylic oxidation sites excluding steroid dienone is 3. The third-order valence-electron chi connectivity index (χ3n) is 6.28.